The molecule has 0 radical (unpaired) electrons. The van der Waals surface area contributed by atoms with Crippen molar-refractivity contribution < 1.29 is 4.74 Å². The number of rotatable bonds is 3. The van der Waals surface area contributed by atoms with E-state index in [0.29, 0.717) is 40.1 Å². The number of hydrogen-bond donors (Lipinski definition) is 0. The normalized spacial score (nSPS) is 15.2. The van der Waals surface area contributed by atoms with Gasteiger partial charge in [-0.2, -0.15) is 4.52 Å². The van der Waals surface area contributed by atoms with E-state index >= 15 is 0 Å². The maximum absolute atomic E-state index is 13.8. The topological polar surface area (TPSA) is 74.3 Å². The predicted molar refractivity (Wildman–Crippen MR) is 134 cm³/mol. The smallest absolute Gasteiger partial charge is 0.352 e. The first kappa shape index (κ1) is 21.7. The average molecular weight is 512 g/mol. The minimum absolute atomic E-state index is 0.220. The summed E-state index contributed by atoms with van der Waals surface area (Å²) < 4.78 is 9.14. The van der Waals surface area contributed by atoms with Crippen LogP contribution in [0.5, 0.6) is 0 Å². The third-order valence-corrected chi connectivity index (χ3v) is 8.01. The average Bonchev–Trinajstić information content (AvgIpc) is 3.40. The van der Waals surface area contributed by atoms with Crippen LogP contribution in [0.2, 0.25) is 10.0 Å². The molecule has 4 aromatic heterocycles. The molecule has 0 unspecified atom stereocenters. The van der Waals surface area contributed by atoms with Gasteiger partial charge >= 0.3 is 5.69 Å². The molecule has 0 fully saturated rings. The van der Waals surface area contributed by atoms with Gasteiger partial charge in [0.1, 0.15) is 4.83 Å². The fraction of sp³-hybridized carbons (Fsp3) is 0.250. The SMILES string of the molecule is CC1(C)Cc2c(sc3c2c2nc(-c4ccncc4)nn2c(=O)n3Cc2c(Cl)cccc2Cl)CO1. The molecule has 6 rings (SSSR count). The Morgan fingerprint density at radius 3 is 2.62 bits per heavy atom. The lowest BCUT2D eigenvalue weighted by atomic mass is 9.94. The summed E-state index contributed by atoms with van der Waals surface area (Å²) in [5, 5.41) is 6.54. The Morgan fingerprint density at radius 1 is 1.15 bits per heavy atom. The Morgan fingerprint density at radius 2 is 1.88 bits per heavy atom. The molecular weight excluding hydrogens is 493 g/mol. The van der Waals surface area contributed by atoms with E-state index in [0.717, 1.165) is 26.2 Å². The van der Waals surface area contributed by atoms with Crippen LogP contribution in [0, 0.1) is 0 Å². The van der Waals surface area contributed by atoms with E-state index < -0.39 is 0 Å². The highest BCUT2D eigenvalue weighted by Crippen LogP contribution is 2.40. The minimum Gasteiger partial charge on any atom is -0.370 e. The highest BCUT2D eigenvalue weighted by Gasteiger charge is 2.32. The molecule has 10 heteroatoms. The van der Waals surface area contributed by atoms with Crippen molar-refractivity contribution in [2.24, 2.45) is 0 Å². The molecule has 0 saturated heterocycles. The number of halogens is 2. The standard InChI is InChI=1S/C24H19Cl2N5O2S/c1-24(2)10-14-18(12-33-24)34-22-19(14)21-28-20(13-6-8-27-9-7-13)29-31(21)23(32)30(22)11-15-16(25)4-3-5-17(15)26/h3-9H,10-12H2,1-2H3. The number of fused-ring (bicyclic) bond motifs is 5. The van der Waals surface area contributed by atoms with Crippen LogP contribution in [-0.2, 0) is 24.3 Å². The van der Waals surface area contributed by atoms with Gasteiger partial charge < -0.3 is 4.74 Å². The summed E-state index contributed by atoms with van der Waals surface area (Å²) in [5.74, 6) is 0.473. The molecular formula is C24H19Cl2N5O2S. The lowest BCUT2D eigenvalue weighted by molar-refractivity contribution is -0.0379. The fourth-order valence-corrected chi connectivity index (χ4v) is 6.11. The van der Waals surface area contributed by atoms with Gasteiger partial charge in [0.2, 0.25) is 0 Å². The molecule has 1 aromatic carbocycles. The Hall–Kier alpha value is -2.78. The van der Waals surface area contributed by atoms with E-state index in [1.54, 1.807) is 46.5 Å². The van der Waals surface area contributed by atoms with Crippen LogP contribution in [-0.4, -0.2) is 29.8 Å². The Bertz CT molecular complexity index is 1620. The molecule has 0 saturated carbocycles. The molecule has 0 bridgehead atoms. The van der Waals surface area contributed by atoms with Crippen molar-refractivity contribution >= 4 is 50.4 Å². The Labute approximate surface area is 208 Å². The van der Waals surface area contributed by atoms with E-state index in [-0.39, 0.29) is 17.8 Å². The predicted octanol–water partition coefficient (Wildman–Crippen LogP) is 5.37. The Kier molecular flexibility index (Phi) is 5.04. The van der Waals surface area contributed by atoms with Crippen LogP contribution in [0.4, 0.5) is 0 Å². The first-order chi connectivity index (χ1) is 16.3. The number of pyridine rings is 1. The zero-order chi connectivity index (χ0) is 23.6. The lowest BCUT2D eigenvalue weighted by Crippen LogP contribution is -2.31. The summed E-state index contributed by atoms with van der Waals surface area (Å²) in [7, 11) is 0. The van der Waals surface area contributed by atoms with Gasteiger partial charge in [-0.25, -0.2) is 9.78 Å². The molecule has 5 heterocycles. The van der Waals surface area contributed by atoms with E-state index in [2.05, 4.69) is 23.9 Å². The largest absolute Gasteiger partial charge is 0.370 e. The zero-order valence-corrected chi connectivity index (χ0v) is 20.7. The van der Waals surface area contributed by atoms with Crippen molar-refractivity contribution in [3.8, 4) is 11.4 Å². The molecule has 0 atom stereocenters. The van der Waals surface area contributed by atoms with E-state index in [1.165, 1.54) is 4.52 Å². The number of benzene rings is 1. The van der Waals surface area contributed by atoms with Crippen LogP contribution in [0.3, 0.4) is 0 Å². The third-order valence-electron chi connectivity index (χ3n) is 6.07. The monoisotopic (exact) mass is 511 g/mol. The van der Waals surface area contributed by atoms with Gasteiger partial charge in [0.15, 0.2) is 11.5 Å². The van der Waals surface area contributed by atoms with E-state index in [1.807, 2.05) is 12.1 Å². The maximum atomic E-state index is 13.8. The molecule has 0 aliphatic carbocycles. The third kappa shape index (κ3) is 3.44. The summed E-state index contributed by atoms with van der Waals surface area (Å²) in [6, 6.07) is 8.99. The van der Waals surface area contributed by atoms with Crippen molar-refractivity contribution in [2.45, 2.75) is 39.0 Å². The van der Waals surface area contributed by atoms with Crippen molar-refractivity contribution in [1.82, 2.24) is 24.1 Å². The second-order valence-electron chi connectivity index (χ2n) is 8.88. The van der Waals surface area contributed by atoms with Gasteiger partial charge in [-0.3, -0.25) is 9.55 Å². The van der Waals surface area contributed by atoms with E-state index in [4.69, 9.17) is 32.9 Å². The van der Waals surface area contributed by atoms with Gasteiger partial charge in [0.05, 0.1) is 24.1 Å². The molecule has 0 N–H and O–H groups in total. The van der Waals surface area contributed by atoms with E-state index in [9.17, 15) is 4.79 Å². The second-order valence-corrected chi connectivity index (χ2v) is 10.8. The first-order valence-electron chi connectivity index (χ1n) is 10.7. The van der Waals surface area contributed by atoms with Gasteiger partial charge in [-0.1, -0.05) is 29.3 Å². The summed E-state index contributed by atoms with van der Waals surface area (Å²) in [6.07, 6.45) is 4.07. The van der Waals surface area contributed by atoms with Gasteiger partial charge in [-0.05, 0) is 43.7 Å². The number of thiophene rings is 1. The minimum atomic E-state index is -0.320. The molecule has 0 spiro atoms. The first-order valence-corrected chi connectivity index (χ1v) is 12.3. The molecule has 1 aliphatic rings. The second kappa shape index (κ2) is 7.88. The van der Waals surface area contributed by atoms with Crippen LogP contribution in [0.1, 0.15) is 29.9 Å². The summed E-state index contributed by atoms with van der Waals surface area (Å²) in [4.78, 5) is 24.5. The quantitative estimate of drug-likeness (QED) is 0.325. The summed E-state index contributed by atoms with van der Waals surface area (Å²) in [6.45, 7) is 4.85. The molecule has 1 aliphatic heterocycles. The molecule has 172 valence electrons. The summed E-state index contributed by atoms with van der Waals surface area (Å²) >= 11 is 14.5. The number of nitrogens with zero attached hydrogens (tertiary/aromatic N) is 5. The van der Waals surface area contributed by atoms with Crippen molar-refractivity contribution in [3.05, 3.63) is 79.3 Å². The Balaban J connectivity index is 1.68. The van der Waals surface area contributed by atoms with Gasteiger partial charge in [-0.15, -0.1) is 16.4 Å². The van der Waals surface area contributed by atoms with Crippen LogP contribution < -0.4 is 5.69 Å². The zero-order valence-electron chi connectivity index (χ0n) is 18.4. The molecule has 7 nitrogen and oxygen atoms in total. The highest BCUT2D eigenvalue weighted by molar-refractivity contribution is 7.19. The van der Waals surface area contributed by atoms with Crippen LogP contribution >= 0.6 is 34.5 Å². The number of hydrogen-bond acceptors (Lipinski definition) is 6. The van der Waals surface area contributed by atoms with Crippen LogP contribution in [0.25, 0.3) is 27.3 Å². The maximum Gasteiger partial charge on any atom is 0.352 e. The highest BCUT2D eigenvalue weighted by atomic mass is 35.5. The number of aromatic nitrogens is 5. The van der Waals surface area contributed by atoms with Crippen molar-refractivity contribution in [3.63, 3.8) is 0 Å². The van der Waals surface area contributed by atoms with Crippen LogP contribution in [0.15, 0.2) is 47.5 Å². The lowest BCUT2D eigenvalue weighted by Gasteiger charge is -2.30. The molecule has 0 amide bonds. The fourth-order valence-electron chi connectivity index (χ4n) is 4.37. The van der Waals surface area contributed by atoms with Crippen molar-refractivity contribution in [2.75, 3.05) is 0 Å². The summed E-state index contributed by atoms with van der Waals surface area (Å²) in [5.41, 5.74) is 2.55. The molecule has 5 aromatic rings. The van der Waals surface area contributed by atoms with Gasteiger partial charge in [0.25, 0.3) is 0 Å². The van der Waals surface area contributed by atoms with Crippen molar-refractivity contribution in [1.29, 1.82) is 0 Å². The number of ether oxygens (including phenoxy) is 1. The van der Waals surface area contributed by atoms with Gasteiger partial charge in [0, 0.05) is 44.9 Å². The molecule has 34 heavy (non-hydrogen) atoms.